The maximum Gasteiger partial charge on any atom is 0.203 e. The molecule has 0 bridgehead atoms. The third-order valence-electron chi connectivity index (χ3n) is 4.42. The van der Waals surface area contributed by atoms with Gasteiger partial charge in [0.15, 0.2) is 29.0 Å². The van der Waals surface area contributed by atoms with Crippen molar-refractivity contribution in [3.8, 4) is 23.0 Å². The van der Waals surface area contributed by atoms with Crippen LogP contribution >= 0.6 is 0 Å². The zero-order valence-corrected chi connectivity index (χ0v) is 18.1. The number of nitrogens with one attached hydrogen (secondary N) is 2. The van der Waals surface area contributed by atoms with Crippen LogP contribution in [0.1, 0.15) is 12.5 Å². The summed E-state index contributed by atoms with van der Waals surface area (Å²) in [6.45, 7) is 2.95. The zero-order chi connectivity index (χ0) is 21.9. The van der Waals surface area contributed by atoms with Gasteiger partial charge in [-0.15, -0.1) is 0 Å². The van der Waals surface area contributed by atoms with E-state index in [9.17, 15) is 4.39 Å². The molecule has 0 fully saturated rings. The fourth-order valence-corrected chi connectivity index (χ4v) is 2.94. The number of hydrogen-bond donors (Lipinski definition) is 2. The second-order valence-corrected chi connectivity index (χ2v) is 6.48. The Balaban J connectivity index is 1.87. The molecule has 2 aromatic carbocycles. The van der Waals surface area contributed by atoms with Gasteiger partial charge in [-0.1, -0.05) is 18.2 Å². The van der Waals surface area contributed by atoms with Crippen LogP contribution in [0.4, 0.5) is 4.39 Å². The molecular formula is C22H30FN3O4. The summed E-state index contributed by atoms with van der Waals surface area (Å²) in [4.78, 5) is 4.21. The van der Waals surface area contributed by atoms with E-state index in [1.54, 1.807) is 46.6 Å². The number of nitrogens with zero attached hydrogens (tertiary/aromatic N) is 1. The minimum Gasteiger partial charge on any atom is -0.493 e. The standard InChI is InChI=1S/C22H30FN3O4/c1-15(30-18-9-7-6-8-17(18)23)14-26-22(24-2)25-13-12-16-10-11-19(27-3)21(29-5)20(16)28-4/h6-11,15H,12-14H2,1-5H3,(H2,24,25,26). The van der Waals surface area contributed by atoms with Crippen LogP contribution in [0.2, 0.25) is 0 Å². The monoisotopic (exact) mass is 419 g/mol. The molecule has 0 aliphatic carbocycles. The van der Waals surface area contributed by atoms with Gasteiger partial charge in [0.2, 0.25) is 5.75 Å². The Labute approximate surface area is 177 Å². The van der Waals surface area contributed by atoms with Crippen molar-refractivity contribution in [2.75, 3.05) is 41.5 Å². The first-order valence-corrected chi connectivity index (χ1v) is 9.67. The molecule has 8 heteroatoms. The largest absolute Gasteiger partial charge is 0.493 e. The first-order valence-electron chi connectivity index (χ1n) is 9.67. The van der Waals surface area contributed by atoms with Crippen LogP contribution in [-0.2, 0) is 6.42 Å². The van der Waals surface area contributed by atoms with Crippen LogP contribution in [0.5, 0.6) is 23.0 Å². The molecule has 0 saturated heterocycles. The van der Waals surface area contributed by atoms with Crippen LogP contribution in [-0.4, -0.2) is 53.5 Å². The Morgan fingerprint density at radius 3 is 2.33 bits per heavy atom. The molecule has 0 heterocycles. The van der Waals surface area contributed by atoms with E-state index >= 15 is 0 Å². The molecule has 0 radical (unpaired) electrons. The van der Waals surface area contributed by atoms with Crippen molar-refractivity contribution in [3.63, 3.8) is 0 Å². The Bertz CT molecular complexity index is 845. The number of guanidine groups is 1. The highest BCUT2D eigenvalue weighted by Gasteiger charge is 2.15. The summed E-state index contributed by atoms with van der Waals surface area (Å²) in [5.41, 5.74) is 0.981. The number of benzene rings is 2. The molecule has 0 spiro atoms. The van der Waals surface area contributed by atoms with Gasteiger partial charge >= 0.3 is 0 Å². The summed E-state index contributed by atoms with van der Waals surface area (Å²) < 4.78 is 35.6. The lowest BCUT2D eigenvalue weighted by Crippen LogP contribution is -2.42. The van der Waals surface area contributed by atoms with Crippen molar-refractivity contribution in [1.82, 2.24) is 10.6 Å². The van der Waals surface area contributed by atoms with E-state index in [0.717, 1.165) is 5.56 Å². The summed E-state index contributed by atoms with van der Waals surface area (Å²) in [5.74, 6) is 2.31. The molecule has 2 rings (SSSR count). The molecule has 1 atom stereocenters. The van der Waals surface area contributed by atoms with Crippen LogP contribution in [0.15, 0.2) is 41.4 Å². The summed E-state index contributed by atoms with van der Waals surface area (Å²) in [5, 5.41) is 6.43. The van der Waals surface area contributed by atoms with Gasteiger partial charge in [-0.05, 0) is 31.5 Å². The molecular weight excluding hydrogens is 389 g/mol. The third kappa shape index (κ3) is 6.17. The Morgan fingerprint density at radius 1 is 0.967 bits per heavy atom. The van der Waals surface area contributed by atoms with Gasteiger partial charge in [-0.3, -0.25) is 4.99 Å². The quantitative estimate of drug-likeness (QED) is 0.456. The lowest BCUT2D eigenvalue weighted by Gasteiger charge is -2.19. The van der Waals surface area contributed by atoms with Crippen molar-refractivity contribution in [2.45, 2.75) is 19.4 Å². The Hall–Kier alpha value is -3.16. The maximum atomic E-state index is 13.7. The number of ether oxygens (including phenoxy) is 4. The van der Waals surface area contributed by atoms with Crippen molar-refractivity contribution in [3.05, 3.63) is 47.8 Å². The molecule has 1 unspecified atom stereocenters. The van der Waals surface area contributed by atoms with Gasteiger partial charge < -0.3 is 29.6 Å². The molecule has 7 nitrogen and oxygen atoms in total. The van der Waals surface area contributed by atoms with Gasteiger partial charge in [0, 0.05) is 19.2 Å². The molecule has 30 heavy (non-hydrogen) atoms. The van der Waals surface area contributed by atoms with Gasteiger partial charge in [0.1, 0.15) is 6.10 Å². The fraction of sp³-hybridized carbons (Fsp3) is 0.409. The fourth-order valence-electron chi connectivity index (χ4n) is 2.94. The number of rotatable bonds is 10. The molecule has 0 aliphatic rings. The average Bonchev–Trinajstić information content (AvgIpc) is 2.76. The van der Waals surface area contributed by atoms with Gasteiger partial charge in [0.05, 0.1) is 27.9 Å². The predicted octanol–water partition coefficient (Wildman–Crippen LogP) is 3.03. The van der Waals surface area contributed by atoms with Crippen molar-refractivity contribution in [1.29, 1.82) is 0 Å². The highest BCUT2D eigenvalue weighted by Crippen LogP contribution is 2.39. The van der Waals surface area contributed by atoms with E-state index in [2.05, 4.69) is 15.6 Å². The van der Waals surface area contributed by atoms with Crippen LogP contribution in [0, 0.1) is 5.82 Å². The summed E-state index contributed by atoms with van der Waals surface area (Å²) >= 11 is 0. The van der Waals surface area contributed by atoms with E-state index in [1.807, 2.05) is 19.1 Å². The highest BCUT2D eigenvalue weighted by atomic mass is 19.1. The topological polar surface area (TPSA) is 73.3 Å². The first-order chi connectivity index (χ1) is 14.5. The van der Waals surface area contributed by atoms with Gasteiger partial charge in [-0.25, -0.2) is 4.39 Å². The number of aliphatic imine (C=N–C) groups is 1. The van der Waals surface area contributed by atoms with Gasteiger partial charge in [0.25, 0.3) is 0 Å². The smallest absolute Gasteiger partial charge is 0.203 e. The van der Waals surface area contributed by atoms with E-state index in [-0.39, 0.29) is 17.7 Å². The Kier molecular flexibility index (Phi) is 9.05. The predicted molar refractivity (Wildman–Crippen MR) is 116 cm³/mol. The van der Waals surface area contributed by atoms with Crippen LogP contribution in [0.3, 0.4) is 0 Å². The molecule has 164 valence electrons. The first kappa shape index (κ1) is 23.1. The number of para-hydroxylation sites is 1. The van der Waals surface area contributed by atoms with Crippen molar-refractivity contribution >= 4 is 5.96 Å². The van der Waals surface area contributed by atoms with Crippen molar-refractivity contribution < 1.29 is 23.3 Å². The molecule has 2 aromatic rings. The van der Waals surface area contributed by atoms with E-state index in [4.69, 9.17) is 18.9 Å². The van der Waals surface area contributed by atoms with Crippen LogP contribution in [0.25, 0.3) is 0 Å². The minimum atomic E-state index is -0.379. The van der Waals surface area contributed by atoms with Crippen LogP contribution < -0.4 is 29.6 Å². The normalized spacial score (nSPS) is 12.1. The number of hydrogen-bond acceptors (Lipinski definition) is 5. The summed E-state index contributed by atoms with van der Waals surface area (Å²) in [7, 11) is 6.46. The third-order valence-corrected chi connectivity index (χ3v) is 4.42. The second kappa shape index (κ2) is 11.7. The SMILES string of the molecule is CN=C(NCCc1ccc(OC)c(OC)c1OC)NCC(C)Oc1ccccc1F. The molecule has 0 aliphatic heterocycles. The van der Waals surface area contributed by atoms with E-state index in [1.165, 1.54) is 6.07 Å². The molecule has 0 aromatic heterocycles. The highest BCUT2D eigenvalue weighted by molar-refractivity contribution is 5.79. The van der Waals surface area contributed by atoms with E-state index in [0.29, 0.717) is 42.7 Å². The lowest BCUT2D eigenvalue weighted by molar-refractivity contribution is 0.214. The maximum absolute atomic E-state index is 13.7. The molecule has 0 saturated carbocycles. The zero-order valence-electron chi connectivity index (χ0n) is 18.1. The van der Waals surface area contributed by atoms with E-state index < -0.39 is 0 Å². The number of methoxy groups -OCH3 is 3. The number of halogens is 1. The summed E-state index contributed by atoms with van der Waals surface area (Å²) in [6, 6.07) is 10.1. The Morgan fingerprint density at radius 2 is 1.70 bits per heavy atom. The minimum absolute atomic E-state index is 0.232. The average molecular weight is 419 g/mol. The molecule has 2 N–H and O–H groups in total. The van der Waals surface area contributed by atoms with Crippen molar-refractivity contribution in [2.24, 2.45) is 4.99 Å². The molecule has 0 amide bonds. The second-order valence-electron chi connectivity index (χ2n) is 6.48. The van der Waals surface area contributed by atoms with Gasteiger partial charge in [-0.2, -0.15) is 0 Å². The lowest BCUT2D eigenvalue weighted by atomic mass is 10.1. The summed E-state index contributed by atoms with van der Waals surface area (Å²) in [6.07, 6.45) is 0.442.